The van der Waals surface area contributed by atoms with E-state index in [1.54, 1.807) is 6.07 Å². The van der Waals surface area contributed by atoms with Crippen molar-refractivity contribution >= 4 is 17.9 Å². The van der Waals surface area contributed by atoms with E-state index in [4.69, 9.17) is 9.15 Å². The highest BCUT2D eigenvalue weighted by Gasteiger charge is 2.12. The lowest BCUT2D eigenvalue weighted by Gasteiger charge is -2.04. The van der Waals surface area contributed by atoms with Gasteiger partial charge in [0.25, 0.3) is 5.91 Å². The molecule has 0 aliphatic heterocycles. The molecule has 0 atom stereocenters. The smallest absolute Gasteiger partial charge is 0.305 e. The number of amides is 2. The van der Waals surface area contributed by atoms with Crippen LogP contribution in [0.4, 0.5) is 4.39 Å². The molecular formula is C21H17FN2O4. The van der Waals surface area contributed by atoms with Gasteiger partial charge in [0.15, 0.2) is 5.76 Å². The number of carbonyl (C=O) groups excluding carboxylic acids is 2. The Morgan fingerprint density at radius 2 is 1.71 bits per heavy atom. The molecule has 2 aromatic carbocycles. The predicted molar refractivity (Wildman–Crippen MR) is 101 cm³/mol. The summed E-state index contributed by atoms with van der Waals surface area (Å²) in [6.07, 6.45) is 2.71. The van der Waals surface area contributed by atoms with Crippen molar-refractivity contribution in [2.75, 3.05) is 0 Å². The maximum Gasteiger partial charge on any atom is 0.305 e. The summed E-state index contributed by atoms with van der Waals surface area (Å²) in [7, 11) is 0. The Balaban J connectivity index is 1.46. The fraction of sp³-hybridized carbons (Fsp3) is 0.0476. The summed E-state index contributed by atoms with van der Waals surface area (Å²) in [6.45, 7) is 0.171. The minimum Gasteiger partial charge on any atom is -0.486 e. The molecule has 28 heavy (non-hydrogen) atoms. The van der Waals surface area contributed by atoms with E-state index in [9.17, 15) is 14.0 Å². The van der Waals surface area contributed by atoms with Gasteiger partial charge in [-0.1, -0.05) is 30.3 Å². The number of rotatable bonds is 6. The fourth-order valence-corrected chi connectivity index (χ4v) is 2.22. The van der Waals surface area contributed by atoms with Crippen LogP contribution in [0.15, 0.2) is 77.2 Å². The van der Waals surface area contributed by atoms with Gasteiger partial charge in [-0.25, -0.2) is 4.39 Å². The van der Waals surface area contributed by atoms with Gasteiger partial charge >= 0.3 is 5.91 Å². The van der Waals surface area contributed by atoms with Gasteiger partial charge in [0, 0.05) is 6.08 Å². The second-order valence-electron chi connectivity index (χ2n) is 5.70. The number of nitrogens with one attached hydrogen (secondary N) is 2. The number of hydrazine groups is 1. The predicted octanol–water partition coefficient (Wildman–Crippen LogP) is 3.47. The second-order valence-corrected chi connectivity index (χ2v) is 5.70. The summed E-state index contributed by atoms with van der Waals surface area (Å²) in [5, 5.41) is 0. The SMILES string of the molecule is O=C(/C=C/c1ccc(F)cc1)NNC(=O)c1ccc(COc2ccccc2)o1. The molecule has 0 aliphatic carbocycles. The first-order chi connectivity index (χ1) is 13.6. The molecule has 0 fully saturated rings. The van der Waals surface area contributed by atoms with Crippen molar-refractivity contribution in [3.05, 3.63) is 95.7 Å². The zero-order valence-corrected chi connectivity index (χ0v) is 14.7. The van der Waals surface area contributed by atoms with Gasteiger partial charge in [-0.05, 0) is 48.0 Å². The van der Waals surface area contributed by atoms with Crippen molar-refractivity contribution < 1.29 is 23.1 Å². The van der Waals surface area contributed by atoms with E-state index in [0.717, 1.165) is 0 Å². The van der Waals surface area contributed by atoms with Crippen LogP contribution in [0.25, 0.3) is 6.08 Å². The van der Waals surface area contributed by atoms with Gasteiger partial charge in [-0.2, -0.15) is 0 Å². The quantitative estimate of drug-likeness (QED) is 0.507. The summed E-state index contributed by atoms with van der Waals surface area (Å²) >= 11 is 0. The molecule has 6 nitrogen and oxygen atoms in total. The first-order valence-electron chi connectivity index (χ1n) is 8.41. The molecule has 0 spiro atoms. The molecule has 2 N–H and O–H groups in total. The van der Waals surface area contributed by atoms with Gasteiger partial charge in [0.05, 0.1) is 0 Å². The van der Waals surface area contributed by atoms with Crippen LogP contribution in [0.1, 0.15) is 21.9 Å². The molecule has 7 heteroatoms. The van der Waals surface area contributed by atoms with Crippen LogP contribution in [-0.4, -0.2) is 11.8 Å². The molecule has 0 saturated heterocycles. The lowest BCUT2D eigenvalue weighted by Crippen LogP contribution is -2.40. The van der Waals surface area contributed by atoms with Crippen LogP contribution in [-0.2, 0) is 11.4 Å². The zero-order chi connectivity index (χ0) is 19.8. The lowest BCUT2D eigenvalue weighted by atomic mass is 10.2. The third-order valence-corrected chi connectivity index (χ3v) is 3.61. The minimum absolute atomic E-state index is 0.0366. The normalized spacial score (nSPS) is 10.6. The van der Waals surface area contributed by atoms with Crippen molar-refractivity contribution in [3.63, 3.8) is 0 Å². The van der Waals surface area contributed by atoms with E-state index in [1.165, 1.54) is 42.5 Å². The van der Waals surface area contributed by atoms with E-state index in [-0.39, 0.29) is 18.2 Å². The Bertz CT molecular complexity index is 966. The average molecular weight is 380 g/mol. The summed E-state index contributed by atoms with van der Waals surface area (Å²) in [4.78, 5) is 23.8. The van der Waals surface area contributed by atoms with Gasteiger partial charge in [-0.3, -0.25) is 20.4 Å². The third kappa shape index (κ3) is 5.57. The molecule has 2 amide bonds. The van der Waals surface area contributed by atoms with E-state index < -0.39 is 11.8 Å². The van der Waals surface area contributed by atoms with E-state index in [1.807, 2.05) is 30.3 Å². The molecule has 0 bridgehead atoms. The van der Waals surface area contributed by atoms with Gasteiger partial charge in [-0.15, -0.1) is 0 Å². The van der Waals surface area contributed by atoms with Crippen molar-refractivity contribution in [3.8, 4) is 5.75 Å². The number of ether oxygens (including phenoxy) is 1. The van der Waals surface area contributed by atoms with Crippen LogP contribution in [0, 0.1) is 5.82 Å². The lowest BCUT2D eigenvalue weighted by molar-refractivity contribution is -0.117. The van der Waals surface area contributed by atoms with Gasteiger partial charge in [0.2, 0.25) is 0 Å². The zero-order valence-electron chi connectivity index (χ0n) is 14.7. The van der Waals surface area contributed by atoms with E-state index >= 15 is 0 Å². The summed E-state index contributed by atoms with van der Waals surface area (Å²) in [5.74, 6) is -0.316. The molecule has 0 unspecified atom stereocenters. The topological polar surface area (TPSA) is 80.6 Å². The van der Waals surface area contributed by atoms with Crippen LogP contribution in [0.3, 0.4) is 0 Å². The maximum absolute atomic E-state index is 12.8. The number of benzene rings is 2. The van der Waals surface area contributed by atoms with E-state index in [2.05, 4.69) is 10.9 Å². The summed E-state index contributed by atoms with van der Waals surface area (Å²) in [5.41, 5.74) is 5.14. The highest BCUT2D eigenvalue weighted by atomic mass is 19.1. The van der Waals surface area contributed by atoms with Crippen LogP contribution in [0.5, 0.6) is 5.75 Å². The molecule has 142 valence electrons. The molecule has 0 saturated carbocycles. The second kappa shape index (κ2) is 9.18. The van der Waals surface area contributed by atoms with Crippen LogP contribution >= 0.6 is 0 Å². The molecule has 3 rings (SSSR count). The third-order valence-electron chi connectivity index (χ3n) is 3.61. The minimum atomic E-state index is -0.602. The van der Waals surface area contributed by atoms with Crippen molar-refractivity contribution in [2.24, 2.45) is 0 Å². The Kier molecular flexibility index (Phi) is 6.20. The number of para-hydroxylation sites is 1. The number of carbonyl (C=O) groups is 2. The standard InChI is InChI=1S/C21H17FN2O4/c22-16-9-6-15(7-10-16)8-13-20(25)23-24-21(26)19-12-11-18(28-19)14-27-17-4-2-1-3-5-17/h1-13H,14H2,(H,23,25)(H,24,26)/b13-8+. The fourth-order valence-electron chi connectivity index (χ4n) is 2.22. The van der Waals surface area contributed by atoms with E-state index in [0.29, 0.717) is 17.1 Å². The number of furan rings is 1. The monoisotopic (exact) mass is 380 g/mol. The molecule has 3 aromatic rings. The summed E-state index contributed by atoms with van der Waals surface area (Å²) in [6, 6.07) is 17.9. The number of halogens is 1. The van der Waals surface area contributed by atoms with Gasteiger partial charge in [0.1, 0.15) is 23.9 Å². The van der Waals surface area contributed by atoms with Crippen molar-refractivity contribution in [1.29, 1.82) is 0 Å². The van der Waals surface area contributed by atoms with Crippen molar-refractivity contribution in [2.45, 2.75) is 6.61 Å². The van der Waals surface area contributed by atoms with Crippen LogP contribution in [0.2, 0.25) is 0 Å². The first-order valence-corrected chi connectivity index (χ1v) is 8.41. The molecule has 0 radical (unpaired) electrons. The summed E-state index contributed by atoms with van der Waals surface area (Å²) < 4.78 is 23.8. The number of hydrogen-bond donors (Lipinski definition) is 2. The highest BCUT2D eigenvalue weighted by Crippen LogP contribution is 2.13. The average Bonchev–Trinajstić information content (AvgIpc) is 3.20. The Hall–Kier alpha value is -3.87. The molecular weight excluding hydrogens is 363 g/mol. The van der Waals surface area contributed by atoms with Crippen molar-refractivity contribution in [1.82, 2.24) is 10.9 Å². The maximum atomic E-state index is 12.8. The Morgan fingerprint density at radius 3 is 2.46 bits per heavy atom. The number of hydrogen-bond acceptors (Lipinski definition) is 4. The molecule has 1 aromatic heterocycles. The van der Waals surface area contributed by atoms with Crippen LogP contribution < -0.4 is 15.6 Å². The Morgan fingerprint density at radius 1 is 0.964 bits per heavy atom. The van der Waals surface area contributed by atoms with Gasteiger partial charge < -0.3 is 9.15 Å². The molecule has 1 heterocycles. The Labute approximate surface area is 160 Å². The highest BCUT2D eigenvalue weighted by molar-refractivity contribution is 5.96. The first kappa shape index (κ1) is 18.9. The largest absolute Gasteiger partial charge is 0.486 e. The molecule has 0 aliphatic rings.